The van der Waals surface area contributed by atoms with Crippen LogP contribution in [0, 0.1) is 21.8 Å². The standard InChI is InChI=1S/C10H10BrClFNO3/c1-6(4-12)5-17-10-8(11)2-7(13)3-9(10)14(15)16/h2-3,6H,4-5H2,1H3. The molecule has 1 aromatic carbocycles. The second-order valence-electron chi connectivity index (χ2n) is 3.56. The summed E-state index contributed by atoms with van der Waals surface area (Å²) in [7, 11) is 0. The SMILES string of the molecule is CC(CCl)COc1c(Br)cc(F)cc1[N+](=O)[O-]. The van der Waals surface area contributed by atoms with E-state index in [0.717, 1.165) is 12.1 Å². The molecule has 1 aromatic rings. The molecular weight excluding hydrogens is 316 g/mol. The minimum Gasteiger partial charge on any atom is -0.486 e. The van der Waals surface area contributed by atoms with Crippen LogP contribution in [0.2, 0.25) is 0 Å². The Hall–Kier alpha value is -0.880. The molecule has 1 unspecified atom stereocenters. The second kappa shape index (κ2) is 6.16. The van der Waals surface area contributed by atoms with Crippen molar-refractivity contribution in [3.8, 4) is 5.75 Å². The average molecular weight is 327 g/mol. The van der Waals surface area contributed by atoms with Crippen LogP contribution in [0.15, 0.2) is 16.6 Å². The van der Waals surface area contributed by atoms with Crippen LogP contribution in [0.5, 0.6) is 5.75 Å². The van der Waals surface area contributed by atoms with Gasteiger partial charge in [-0.2, -0.15) is 0 Å². The van der Waals surface area contributed by atoms with E-state index in [1.54, 1.807) is 0 Å². The molecule has 94 valence electrons. The van der Waals surface area contributed by atoms with E-state index in [1.807, 2.05) is 6.92 Å². The number of benzene rings is 1. The Kier molecular flexibility index (Phi) is 5.14. The lowest BCUT2D eigenvalue weighted by atomic mass is 10.2. The predicted molar refractivity (Wildman–Crippen MR) is 66.1 cm³/mol. The summed E-state index contributed by atoms with van der Waals surface area (Å²) in [6, 6.07) is 1.94. The van der Waals surface area contributed by atoms with Crippen molar-refractivity contribution >= 4 is 33.2 Å². The van der Waals surface area contributed by atoms with Crippen molar-refractivity contribution in [2.24, 2.45) is 5.92 Å². The number of nitro groups is 1. The van der Waals surface area contributed by atoms with Crippen LogP contribution in [-0.2, 0) is 0 Å². The van der Waals surface area contributed by atoms with Gasteiger partial charge in [-0.15, -0.1) is 11.6 Å². The first kappa shape index (κ1) is 14.2. The molecule has 0 saturated carbocycles. The summed E-state index contributed by atoms with van der Waals surface area (Å²) in [5, 5.41) is 10.8. The van der Waals surface area contributed by atoms with Crippen molar-refractivity contribution in [3.63, 3.8) is 0 Å². The van der Waals surface area contributed by atoms with Crippen molar-refractivity contribution in [1.82, 2.24) is 0 Å². The third-order valence-corrected chi connectivity index (χ3v) is 3.08. The second-order valence-corrected chi connectivity index (χ2v) is 4.73. The van der Waals surface area contributed by atoms with Crippen LogP contribution in [0.25, 0.3) is 0 Å². The largest absolute Gasteiger partial charge is 0.486 e. The summed E-state index contributed by atoms with van der Waals surface area (Å²) in [5.74, 6) is -0.241. The first-order valence-electron chi connectivity index (χ1n) is 4.78. The fraction of sp³-hybridized carbons (Fsp3) is 0.400. The summed E-state index contributed by atoms with van der Waals surface area (Å²) in [6.45, 7) is 2.07. The highest BCUT2D eigenvalue weighted by Crippen LogP contribution is 2.36. The van der Waals surface area contributed by atoms with E-state index in [-0.39, 0.29) is 22.7 Å². The van der Waals surface area contributed by atoms with Gasteiger partial charge in [0.05, 0.1) is 22.1 Å². The number of nitrogens with zero attached hydrogens (tertiary/aromatic N) is 1. The van der Waals surface area contributed by atoms with E-state index in [0.29, 0.717) is 5.88 Å². The Morgan fingerprint density at radius 1 is 1.65 bits per heavy atom. The molecule has 7 heteroatoms. The van der Waals surface area contributed by atoms with Gasteiger partial charge in [-0.25, -0.2) is 4.39 Å². The van der Waals surface area contributed by atoms with Crippen LogP contribution in [0.4, 0.5) is 10.1 Å². The van der Waals surface area contributed by atoms with Gasteiger partial charge in [-0.05, 0) is 22.0 Å². The van der Waals surface area contributed by atoms with Crippen molar-refractivity contribution in [1.29, 1.82) is 0 Å². The molecule has 1 atom stereocenters. The lowest BCUT2D eigenvalue weighted by molar-refractivity contribution is -0.386. The number of rotatable bonds is 5. The molecule has 0 fully saturated rings. The van der Waals surface area contributed by atoms with E-state index >= 15 is 0 Å². The normalized spacial score (nSPS) is 12.2. The van der Waals surface area contributed by atoms with Crippen LogP contribution < -0.4 is 4.74 Å². The first-order valence-corrected chi connectivity index (χ1v) is 6.10. The smallest absolute Gasteiger partial charge is 0.315 e. The summed E-state index contributed by atoms with van der Waals surface area (Å²) in [5.41, 5.74) is -0.404. The highest BCUT2D eigenvalue weighted by molar-refractivity contribution is 9.10. The molecular formula is C10H10BrClFNO3. The minimum atomic E-state index is -0.693. The summed E-state index contributed by atoms with van der Waals surface area (Å²) in [6.07, 6.45) is 0. The van der Waals surface area contributed by atoms with E-state index in [1.165, 1.54) is 0 Å². The van der Waals surface area contributed by atoms with Gasteiger partial charge < -0.3 is 4.74 Å². The zero-order valence-corrected chi connectivity index (χ0v) is 11.3. The highest BCUT2D eigenvalue weighted by Gasteiger charge is 2.21. The van der Waals surface area contributed by atoms with Crippen molar-refractivity contribution < 1.29 is 14.1 Å². The number of hydrogen-bond acceptors (Lipinski definition) is 3. The molecule has 0 spiro atoms. The predicted octanol–water partition coefficient (Wildman–Crippen LogP) is 3.75. The molecule has 0 aliphatic rings. The third kappa shape index (κ3) is 3.81. The van der Waals surface area contributed by atoms with Gasteiger partial charge in [0, 0.05) is 11.8 Å². The molecule has 0 aliphatic carbocycles. The quantitative estimate of drug-likeness (QED) is 0.470. The molecule has 0 bridgehead atoms. The lowest BCUT2D eigenvalue weighted by Crippen LogP contribution is -2.11. The number of nitro benzene ring substituents is 1. The Morgan fingerprint density at radius 3 is 2.82 bits per heavy atom. The summed E-state index contributed by atoms with van der Waals surface area (Å²) < 4.78 is 18.5. The Bertz CT molecular complexity index is 430. The molecule has 0 aliphatic heterocycles. The molecule has 1 rings (SSSR count). The van der Waals surface area contributed by atoms with E-state index in [4.69, 9.17) is 16.3 Å². The molecule has 0 heterocycles. The molecule has 17 heavy (non-hydrogen) atoms. The van der Waals surface area contributed by atoms with Gasteiger partial charge >= 0.3 is 5.69 Å². The maximum atomic E-state index is 13.0. The zero-order chi connectivity index (χ0) is 13.0. The zero-order valence-electron chi connectivity index (χ0n) is 8.95. The molecule has 0 amide bonds. The van der Waals surface area contributed by atoms with E-state index < -0.39 is 16.4 Å². The molecule has 0 aromatic heterocycles. The third-order valence-electron chi connectivity index (χ3n) is 1.96. The van der Waals surface area contributed by atoms with Gasteiger partial charge in [0.15, 0.2) is 0 Å². The molecule has 0 N–H and O–H groups in total. The molecule has 0 radical (unpaired) electrons. The Labute approximate surface area is 111 Å². The minimum absolute atomic E-state index is 0.0216. The lowest BCUT2D eigenvalue weighted by Gasteiger charge is -2.11. The maximum absolute atomic E-state index is 13.0. The van der Waals surface area contributed by atoms with Gasteiger partial charge in [0.2, 0.25) is 5.75 Å². The fourth-order valence-electron chi connectivity index (χ4n) is 1.10. The van der Waals surface area contributed by atoms with Crippen molar-refractivity contribution in [3.05, 3.63) is 32.5 Å². The Balaban J connectivity index is 3.00. The number of hydrogen-bond donors (Lipinski definition) is 0. The topological polar surface area (TPSA) is 52.4 Å². The summed E-state index contributed by atoms with van der Waals surface area (Å²) in [4.78, 5) is 10.1. The van der Waals surface area contributed by atoms with Crippen LogP contribution in [0.1, 0.15) is 6.92 Å². The number of halogens is 3. The van der Waals surface area contributed by atoms with Crippen molar-refractivity contribution in [2.75, 3.05) is 12.5 Å². The number of ether oxygens (including phenoxy) is 1. The summed E-state index contributed by atoms with van der Waals surface area (Å²) >= 11 is 8.64. The monoisotopic (exact) mass is 325 g/mol. The average Bonchev–Trinajstić information content (AvgIpc) is 2.26. The van der Waals surface area contributed by atoms with Gasteiger partial charge in [-0.3, -0.25) is 10.1 Å². The fourth-order valence-corrected chi connectivity index (χ4v) is 1.72. The van der Waals surface area contributed by atoms with Crippen molar-refractivity contribution in [2.45, 2.75) is 6.92 Å². The van der Waals surface area contributed by atoms with E-state index in [2.05, 4.69) is 15.9 Å². The van der Waals surface area contributed by atoms with Gasteiger partial charge in [-0.1, -0.05) is 6.92 Å². The van der Waals surface area contributed by atoms with Crippen LogP contribution >= 0.6 is 27.5 Å². The first-order chi connectivity index (χ1) is 7.95. The van der Waals surface area contributed by atoms with Gasteiger partial charge in [0.1, 0.15) is 5.82 Å². The van der Waals surface area contributed by atoms with Crippen LogP contribution in [0.3, 0.4) is 0 Å². The number of alkyl halides is 1. The molecule has 4 nitrogen and oxygen atoms in total. The maximum Gasteiger partial charge on any atom is 0.315 e. The highest BCUT2D eigenvalue weighted by atomic mass is 79.9. The van der Waals surface area contributed by atoms with E-state index in [9.17, 15) is 14.5 Å². The molecule has 0 saturated heterocycles. The van der Waals surface area contributed by atoms with Crippen LogP contribution in [-0.4, -0.2) is 17.4 Å². The van der Waals surface area contributed by atoms with Gasteiger partial charge in [0.25, 0.3) is 0 Å². The Morgan fingerprint density at radius 2 is 2.29 bits per heavy atom.